The van der Waals surface area contributed by atoms with Gasteiger partial charge in [-0.15, -0.1) is 13.2 Å². The molecule has 0 saturated heterocycles. The Morgan fingerprint density at radius 2 is 1.74 bits per heavy atom. The van der Waals surface area contributed by atoms with Crippen molar-refractivity contribution in [2.45, 2.75) is 44.6 Å². The van der Waals surface area contributed by atoms with Crippen LogP contribution >= 0.6 is 0 Å². The van der Waals surface area contributed by atoms with Crippen molar-refractivity contribution in [3.05, 3.63) is 29.8 Å². The SMILES string of the molecule is OC(CC1CCCC1)c1ccc(OC(F)(F)F)cc1. The maximum Gasteiger partial charge on any atom is 0.573 e. The fourth-order valence-electron chi connectivity index (χ4n) is 2.59. The molecular formula is C14H17F3O2. The molecule has 5 heteroatoms. The monoisotopic (exact) mass is 274 g/mol. The second kappa shape index (κ2) is 5.82. The molecule has 19 heavy (non-hydrogen) atoms. The third-order valence-corrected chi connectivity index (χ3v) is 3.53. The number of benzene rings is 1. The average Bonchev–Trinajstić information content (AvgIpc) is 2.80. The van der Waals surface area contributed by atoms with Gasteiger partial charge in [-0.3, -0.25) is 0 Å². The Morgan fingerprint density at radius 3 is 2.26 bits per heavy atom. The van der Waals surface area contributed by atoms with E-state index in [1.807, 2.05) is 0 Å². The minimum atomic E-state index is -4.68. The molecule has 1 aliphatic rings. The molecule has 1 aromatic carbocycles. The number of alkyl halides is 3. The van der Waals surface area contributed by atoms with Crippen molar-refractivity contribution < 1.29 is 23.0 Å². The summed E-state index contributed by atoms with van der Waals surface area (Å²) < 4.78 is 39.8. The highest BCUT2D eigenvalue weighted by Crippen LogP contribution is 2.33. The smallest absolute Gasteiger partial charge is 0.406 e. The zero-order chi connectivity index (χ0) is 13.9. The Hall–Kier alpha value is -1.23. The molecule has 0 spiro atoms. The molecule has 1 aromatic rings. The van der Waals surface area contributed by atoms with Crippen LogP contribution in [0.5, 0.6) is 5.75 Å². The normalized spacial score (nSPS) is 18.5. The Labute approximate surface area is 110 Å². The molecular weight excluding hydrogens is 257 g/mol. The maximum atomic E-state index is 12.0. The van der Waals surface area contributed by atoms with Crippen LogP contribution in [-0.4, -0.2) is 11.5 Å². The first kappa shape index (κ1) is 14.2. The molecule has 0 radical (unpaired) electrons. The van der Waals surface area contributed by atoms with Crippen LogP contribution in [0, 0.1) is 5.92 Å². The summed E-state index contributed by atoms with van der Waals surface area (Å²) in [6.07, 6.45) is 0.0659. The Morgan fingerprint density at radius 1 is 1.16 bits per heavy atom. The largest absolute Gasteiger partial charge is 0.573 e. The van der Waals surface area contributed by atoms with Gasteiger partial charge in [0.05, 0.1) is 6.10 Å². The standard InChI is InChI=1S/C14H17F3O2/c15-14(16,17)19-12-7-5-11(6-8-12)13(18)9-10-3-1-2-4-10/h5-8,10,13,18H,1-4,9H2. The van der Waals surface area contributed by atoms with E-state index >= 15 is 0 Å². The van der Waals surface area contributed by atoms with E-state index < -0.39 is 12.5 Å². The van der Waals surface area contributed by atoms with E-state index in [1.54, 1.807) is 0 Å². The van der Waals surface area contributed by atoms with Crippen molar-refractivity contribution in [2.75, 3.05) is 0 Å². The lowest BCUT2D eigenvalue weighted by atomic mass is 9.96. The summed E-state index contributed by atoms with van der Waals surface area (Å²) in [5, 5.41) is 10.0. The molecule has 2 rings (SSSR count). The number of aliphatic hydroxyl groups is 1. The molecule has 1 aliphatic carbocycles. The lowest BCUT2D eigenvalue weighted by Crippen LogP contribution is -2.17. The van der Waals surface area contributed by atoms with Gasteiger partial charge in [-0.1, -0.05) is 37.8 Å². The van der Waals surface area contributed by atoms with Gasteiger partial charge in [0.2, 0.25) is 0 Å². The zero-order valence-electron chi connectivity index (χ0n) is 10.5. The summed E-state index contributed by atoms with van der Waals surface area (Å²) in [5.74, 6) is 0.269. The molecule has 1 fully saturated rings. The van der Waals surface area contributed by atoms with E-state index in [2.05, 4.69) is 4.74 Å². The van der Waals surface area contributed by atoms with Crippen LogP contribution < -0.4 is 4.74 Å². The lowest BCUT2D eigenvalue weighted by molar-refractivity contribution is -0.274. The van der Waals surface area contributed by atoms with Crippen molar-refractivity contribution in [1.82, 2.24) is 0 Å². The number of hydrogen-bond acceptors (Lipinski definition) is 2. The number of aliphatic hydroxyl groups excluding tert-OH is 1. The van der Waals surface area contributed by atoms with E-state index in [1.165, 1.54) is 37.1 Å². The van der Waals surface area contributed by atoms with Crippen molar-refractivity contribution in [2.24, 2.45) is 5.92 Å². The number of halogens is 3. The van der Waals surface area contributed by atoms with Gasteiger partial charge < -0.3 is 9.84 Å². The molecule has 1 unspecified atom stereocenters. The van der Waals surface area contributed by atoms with Crippen molar-refractivity contribution >= 4 is 0 Å². The second-order valence-electron chi connectivity index (χ2n) is 5.02. The summed E-state index contributed by atoms with van der Waals surface area (Å²) in [6, 6.07) is 5.45. The molecule has 0 aliphatic heterocycles. The van der Waals surface area contributed by atoms with Crippen LogP contribution in [0.1, 0.15) is 43.8 Å². The highest BCUT2D eigenvalue weighted by molar-refractivity contribution is 5.28. The first-order valence-corrected chi connectivity index (χ1v) is 6.48. The van der Waals surface area contributed by atoms with Gasteiger partial charge in [0.25, 0.3) is 0 Å². The molecule has 1 N–H and O–H groups in total. The molecule has 0 aromatic heterocycles. The van der Waals surface area contributed by atoms with Crippen LogP contribution in [0.2, 0.25) is 0 Å². The van der Waals surface area contributed by atoms with E-state index in [4.69, 9.17) is 0 Å². The lowest BCUT2D eigenvalue weighted by Gasteiger charge is -2.16. The number of hydrogen-bond donors (Lipinski definition) is 1. The van der Waals surface area contributed by atoms with E-state index in [9.17, 15) is 18.3 Å². The van der Waals surface area contributed by atoms with Gasteiger partial charge in [-0.05, 0) is 30.0 Å². The molecule has 0 amide bonds. The van der Waals surface area contributed by atoms with Crippen molar-refractivity contribution in [3.8, 4) is 5.75 Å². The van der Waals surface area contributed by atoms with Gasteiger partial charge in [0.15, 0.2) is 0 Å². The zero-order valence-corrected chi connectivity index (χ0v) is 10.5. The second-order valence-corrected chi connectivity index (χ2v) is 5.02. The van der Waals surface area contributed by atoms with Crippen LogP contribution in [0.25, 0.3) is 0 Å². The Balaban J connectivity index is 1.93. The van der Waals surface area contributed by atoms with Gasteiger partial charge in [-0.25, -0.2) is 0 Å². The number of ether oxygens (including phenoxy) is 1. The minimum absolute atomic E-state index is 0.260. The highest BCUT2D eigenvalue weighted by atomic mass is 19.4. The molecule has 2 nitrogen and oxygen atoms in total. The summed E-state index contributed by atoms with van der Waals surface area (Å²) in [6.45, 7) is 0. The van der Waals surface area contributed by atoms with Gasteiger partial charge >= 0.3 is 6.36 Å². The first-order valence-electron chi connectivity index (χ1n) is 6.48. The van der Waals surface area contributed by atoms with Crippen LogP contribution in [-0.2, 0) is 0 Å². The summed E-state index contributed by atoms with van der Waals surface area (Å²) in [7, 11) is 0. The third-order valence-electron chi connectivity index (χ3n) is 3.53. The van der Waals surface area contributed by atoms with E-state index in [-0.39, 0.29) is 5.75 Å². The maximum absolute atomic E-state index is 12.0. The minimum Gasteiger partial charge on any atom is -0.406 e. The van der Waals surface area contributed by atoms with Gasteiger partial charge in [0.1, 0.15) is 5.75 Å². The highest BCUT2D eigenvalue weighted by Gasteiger charge is 2.31. The fourth-order valence-corrected chi connectivity index (χ4v) is 2.59. The van der Waals surface area contributed by atoms with Crippen LogP contribution in [0.4, 0.5) is 13.2 Å². The molecule has 1 atom stereocenters. The predicted molar refractivity (Wildman–Crippen MR) is 64.7 cm³/mol. The first-order chi connectivity index (χ1) is 8.94. The summed E-state index contributed by atoms with van der Waals surface area (Å²) in [5.41, 5.74) is 0.640. The van der Waals surface area contributed by atoms with Crippen molar-refractivity contribution in [3.63, 3.8) is 0 Å². The van der Waals surface area contributed by atoms with E-state index in [0.717, 1.165) is 12.8 Å². The Bertz CT molecular complexity index is 394. The topological polar surface area (TPSA) is 29.5 Å². The van der Waals surface area contributed by atoms with Gasteiger partial charge in [-0.2, -0.15) is 0 Å². The summed E-state index contributed by atoms with van der Waals surface area (Å²) >= 11 is 0. The third kappa shape index (κ3) is 4.42. The predicted octanol–water partition coefficient (Wildman–Crippen LogP) is 4.20. The molecule has 0 bridgehead atoms. The molecule has 106 valence electrons. The fraction of sp³-hybridized carbons (Fsp3) is 0.571. The van der Waals surface area contributed by atoms with Crippen LogP contribution in [0.3, 0.4) is 0 Å². The number of rotatable bonds is 4. The van der Waals surface area contributed by atoms with Gasteiger partial charge in [0, 0.05) is 0 Å². The van der Waals surface area contributed by atoms with E-state index in [0.29, 0.717) is 17.9 Å². The molecule has 1 saturated carbocycles. The van der Waals surface area contributed by atoms with Crippen molar-refractivity contribution in [1.29, 1.82) is 0 Å². The average molecular weight is 274 g/mol. The summed E-state index contributed by atoms with van der Waals surface area (Å²) in [4.78, 5) is 0. The van der Waals surface area contributed by atoms with Crippen LogP contribution in [0.15, 0.2) is 24.3 Å². The molecule has 0 heterocycles. The Kier molecular flexibility index (Phi) is 4.34. The quantitative estimate of drug-likeness (QED) is 0.891.